The van der Waals surface area contributed by atoms with Crippen LogP contribution in [0.5, 0.6) is 11.5 Å². The molecule has 0 spiro atoms. The molecule has 0 aliphatic rings. The van der Waals surface area contributed by atoms with Crippen molar-refractivity contribution in [3.8, 4) is 11.5 Å². The summed E-state index contributed by atoms with van der Waals surface area (Å²) in [5, 5.41) is 0.416. The van der Waals surface area contributed by atoms with Crippen LogP contribution in [0.15, 0.2) is 46.1 Å². The van der Waals surface area contributed by atoms with Crippen LogP contribution in [0.4, 0.5) is 13.2 Å². The normalized spacial score (nSPS) is 12.3. The summed E-state index contributed by atoms with van der Waals surface area (Å²) in [4.78, 5) is 19.4. The lowest BCUT2D eigenvalue weighted by molar-refractivity contribution is -0.0328. The Labute approximate surface area is 172 Å². The van der Waals surface area contributed by atoms with E-state index in [1.54, 1.807) is 6.07 Å². The summed E-state index contributed by atoms with van der Waals surface area (Å²) in [7, 11) is 2.92. The number of benzene rings is 2. The molecule has 5 nitrogen and oxygen atoms in total. The number of nitrogens with one attached hydrogen (secondary N) is 1. The molecule has 0 aliphatic carbocycles. The van der Waals surface area contributed by atoms with Crippen molar-refractivity contribution in [2.24, 2.45) is 0 Å². The number of hydrogen-bond donors (Lipinski definition) is 1. The van der Waals surface area contributed by atoms with Gasteiger partial charge in [0.15, 0.2) is 17.3 Å². The Balaban J connectivity index is 1.96. The van der Waals surface area contributed by atoms with Crippen LogP contribution in [-0.2, 0) is 0 Å². The number of fused-ring (bicyclic) bond motifs is 1. The summed E-state index contributed by atoms with van der Waals surface area (Å²) in [6.45, 7) is 0. The van der Waals surface area contributed by atoms with E-state index in [0.717, 1.165) is 0 Å². The molecule has 152 valence electrons. The van der Waals surface area contributed by atoms with Crippen LogP contribution in [0.3, 0.4) is 0 Å². The van der Waals surface area contributed by atoms with Gasteiger partial charge in [-0.05, 0) is 41.6 Å². The molecule has 0 aliphatic heterocycles. The molecule has 1 heterocycles. The minimum atomic E-state index is -4.35. The highest BCUT2D eigenvalue weighted by molar-refractivity contribution is 8.00. The van der Waals surface area contributed by atoms with E-state index in [-0.39, 0.29) is 27.5 Å². The summed E-state index contributed by atoms with van der Waals surface area (Å²) in [6, 6.07) is 8.72. The molecule has 2 aromatic carbocycles. The fourth-order valence-corrected chi connectivity index (χ4v) is 3.31. The number of ether oxygens (including phenoxy) is 2. The molecule has 3 aromatic rings. The van der Waals surface area contributed by atoms with Crippen LogP contribution < -0.4 is 15.0 Å². The predicted octanol–water partition coefficient (Wildman–Crippen LogP) is 5.29. The van der Waals surface area contributed by atoms with Crippen molar-refractivity contribution in [1.29, 1.82) is 0 Å². The molecule has 0 radical (unpaired) electrons. The van der Waals surface area contributed by atoms with Crippen molar-refractivity contribution in [3.05, 3.63) is 58.1 Å². The number of H-pyrrole nitrogens is 1. The molecule has 0 atom stereocenters. The Kier molecular flexibility index (Phi) is 6.09. The molecule has 0 saturated carbocycles. The van der Waals surface area contributed by atoms with E-state index >= 15 is 0 Å². The van der Waals surface area contributed by atoms with Gasteiger partial charge < -0.3 is 14.5 Å². The number of alkyl halides is 3. The number of hydrogen-bond acceptors (Lipinski definition) is 5. The molecule has 29 heavy (non-hydrogen) atoms. The molecule has 0 bridgehead atoms. The van der Waals surface area contributed by atoms with E-state index in [0.29, 0.717) is 28.0 Å². The van der Waals surface area contributed by atoms with Crippen LogP contribution in [0.2, 0.25) is 0 Å². The number of aromatic nitrogens is 2. The van der Waals surface area contributed by atoms with Crippen LogP contribution in [0.25, 0.3) is 22.0 Å². The third-order valence-electron chi connectivity index (χ3n) is 3.84. The molecule has 10 heteroatoms. The minimum Gasteiger partial charge on any atom is -0.493 e. The monoisotopic (exact) mass is 442 g/mol. The molecule has 1 N–H and O–H groups in total. The third kappa shape index (κ3) is 5.04. The van der Waals surface area contributed by atoms with Crippen LogP contribution in [0, 0.1) is 0 Å². The number of nitrogens with zero attached hydrogens (tertiary/aromatic N) is 1. The van der Waals surface area contributed by atoms with Crippen molar-refractivity contribution >= 4 is 45.4 Å². The average molecular weight is 443 g/mol. The van der Waals surface area contributed by atoms with Crippen molar-refractivity contribution in [3.63, 3.8) is 0 Å². The van der Waals surface area contributed by atoms with Crippen molar-refractivity contribution in [2.45, 2.75) is 10.4 Å². The van der Waals surface area contributed by atoms with E-state index in [4.69, 9.17) is 21.1 Å². The van der Waals surface area contributed by atoms with E-state index in [1.165, 1.54) is 50.6 Å². The Morgan fingerprint density at radius 3 is 2.34 bits per heavy atom. The quantitative estimate of drug-likeness (QED) is 0.544. The lowest BCUT2D eigenvalue weighted by Crippen LogP contribution is -2.11. The molecule has 0 saturated heterocycles. The van der Waals surface area contributed by atoms with Crippen LogP contribution in [-0.4, -0.2) is 29.7 Å². The fourth-order valence-electron chi connectivity index (χ4n) is 2.56. The maximum atomic E-state index is 12.4. The number of methoxy groups -OCH3 is 2. The minimum absolute atomic E-state index is 0.0593. The van der Waals surface area contributed by atoms with Crippen LogP contribution in [0.1, 0.15) is 11.4 Å². The van der Waals surface area contributed by atoms with Gasteiger partial charge in [0.25, 0.3) is 5.56 Å². The molecule has 0 unspecified atom stereocenters. The topological polar surface area (TPSA) is 64.2 Å². The Hall–Kier alpha value is -2.65. The summed E-state index contributed by atoms with van der Waals surface area (Å²) < 4.78 is 47.6. The zero-order valence-corrected chi connectivity index (χ0v) is 16.7. The van der Waals surface area contributed by atoms with Gasteiger partial charge >= 0.3 is 5.51 Å². The second-order valence-corrected chi connectivity index (χ2v) is 7.29. The Bertz CT molecular complexity index is 1130. The van der Waals surface area contributed by atoms with E-state index in [2.05, 4.69) is 9.97 Å². The van der Waals surface area contributed by atoms with Gasteiger partial charge in [0, 0.05) is 11.0 Å². The second-order valence-electron chi connectivity index (χ2n) is 5.75. The first-order chi connectivity index (χ1) is 13.7. The first kappa shape index (κ1) is 21.1. The SMILES string of the molecule is COc1cc2nc(/C(Cl)=C/c3ccc(SC(F)(F)F)cc3)[nH]c(=O)c2cc1OC. The van der Waals surface area contributed by atoms with Gasteiger partial charge in [-0.2, -0.15) is 13.2 Å². The van der Waals surface area contributed by atoms with Gasteiger partial charge in [-0.15, -0.1) is 0 Å². The lowest BCUT2D eigenvalue weighted by atomic mass is 10.2. The van der Waals surface area contributed by atoms with E-state index in [1.807, 2.05) is 0 Å². The average Bonchev–Trinajstić information content (AvgIpc) is 2.67. The Morgan fingerprint density at radius 2 is 1.76 bits per heavy atom. The summed E-state index contributed by atoms with van der Waals surface area (Å²) >= 11 is 6.08. The van der Waals surface area contributed by atoms with Gasteiger partial charge in [0.2, 0.25) is 0 Å². The van der Waals surface area contributed by atoms with E-state index in [9.17, 15) is 18.0 Å². The van der Waals surface area contributed by atoms with Crippen LogP contribution >= 0.6 is 23.4 Å². The number of halogens is 4. The molecule has 0 fully saturated rings. The van der Waals surface area contributed by atoms with Gasteiger partial charge in [-0.1, -0.05) is 23.7 Å². The second kappa shape index (κ2) is 8.38. The van der Waals surface area contributed by atoms with Crippen molar-refractivity contribution in [1.82, 2.24) is 9.97 Å². The maximum absolute atomic E-state index is 12.4. The number of rotatable bonds is 5. The van der Waals surface area contributed by atoms with Gasteiger partial charge in [0.1, 0.15) is 0 Å². The highest BCUT2D eigenvalue weighted by atomic mass is 35.5. The summed E-state index contributed by atoms with van der Waals surface area (Å²) in [6.07, 6.45) is 1.49. The zero-order valence-electron chi connectivity index (χ0n) is 15.1. The number of aromatic amines is 1. The largest absolute Gasteiger partial charge is 0.493 e. The number of thioether (sulfide) groups is 1. The molecule has 3 rings (SSSR count). The Morgan fingerprint density at radius 1 is 1.14 bits per heavy atom. The highest BCUT2D eigenvalue weighted by Crippen LogP contribution is 2.37. The lowest BCUT2D eigenvalue weighted by Gasteiger charge is -2.09. The highest BCUT2D eigenvalue weighted by Gasteiger charge is 2.28. The maximum Gasteiger partial charge on any atom is 0.446 e. The predicted molar refractivity (Wildman–Crippen MR) is 108 cm³/mol. The molecular formula is C19H14ClF3N2O3S. The first-order valence-corrected chi connectivity index (χ1v) is 9.29. The summed E-state index contributed by atoms with van der Waals surface area (Å²) in [5.74, 6) is 0.908. The van der Waals surface area contributed by atoms with Crippen molar-refractivity contribution in [2.75, 3.05) is 14.2 Å². The zero-order chi connectivity index (χ0) is 21.2. The van der Waals surface area contributed by atoms with Gasteiger partial charge in [0.05, 0.1) is 30.2 Å². The first-order valence-electron chi connectivity index (χ1n) is 8.09. The molecular weight excluding hydrogens is 429 g/mol. The third-order valence-corrected chi connectivity index (χ3v) is 4.87. The van der Waals surface area contributed by atoms with Crippen molar-refractivity contribution < 1.29 is 22.6 Å². The standard InChI is InChI=1S/C19H14ClF3N2O3S/c1-27-15-8-12-14(9-16(15)28-2)24-17(25-18(12)26)13(20)7-10-3-5-11(6-4-10)29-19(21,22)23/h3-9H,1-2H3,(H,24,25,26)/b13-7-. The molecule has 0 amide bonds. The smallest absolute Gasteiger partial charge is 0.446 e. The van der Waals surface area contributed by atoms with Gasteiger partial charge in [-0.25, -0.2) is 4.98 Å². The van der Waals surface area contributed by atoms with E-state index < -0.39 is 11.1 Å². The molecule has 1 aromatic heterocycles. The van der Waals surface area contributed by atoms with Gasteiger partial charge in [-0.3, -0.25) is 4.79 Å². The summed E-state index contributed by atoms with van der Waals surface area (Å²) in [5.41, 5.74) is -3.87. The fraction of sp³-hybridized carbons (Fsp3) is 0.158.